The van der Waals surface area contributed by atoms with Crippen LogP contribution in [0.2, 0.25) is 5.02 Å². The predicted molar refractivity (Wildman–Crippen MR) is 146 cm³/mol. The molecule has 36 heavy (non-hydrogen) atoms. The number of aromatic nitrogens is 1. The first-order chi connectivity index (χ1) is 17.3. The van der Waals surface area contributed by atoms with Crippen LogP contribution in [0.5, 0.6) is 23.0 Å². The van der Waals surface area contributed by atoms with Gasteiger partial charge in [0.05, 0.1) is 24.8 Å². The molecule has 0 spiro atoms. The van der Waals surface area contributed by atoms with Crippen molar-refractivity contribution in [2.45, 2.75) is 13.8 Å². The van der Waals surface area contributed by atoms with E-state index in [9.17, 15) is 4.79 Å². The van der Waals surface area contributed by atoms with Gasteiger partial charge in [0.15, 0.2) is 16.6 Å². The normalized spacial score (nSPS) is 10.6. The van der Waals surface area contributed by atoms with Crippen LogP contribution in [0.25, 0.3) is 10.9 Å². The fraction of sp³-hybridized carbons (Fsp3) is 0.148. The van der Waals surface area contributed by atoms with Gasteiger partial charge in [-0.2, -0.15) is 0 Å². The predicted octanol–water partition coefficient (Wildman–Crippen LogP) is 6.44. The molecule has 4 rings (SSSR count). The Morgan fingerprint density at radius 2 is 1.58 bits per heavy atom. The van der Waals surface area contributed by atoms with E-state index >= 15 is 0 Å². The Balaban J connectivity index is 1.49. The molecule has 0 saturated heterocycles. The van der Waals surface area contributed by atoms with Crippen molar-refractivity contribution in [1.29, 1.82) is 0 Å². The minimum Gasteiger partial charge on any atom is -0.493 e. The summed E-state index contributed by atoms with van der Waals surface area (Å²) in [5, 5.41) is 6.92. The van der Waals surface area contributed by atoms with E-state index in [-0.39, 0.29) is 11.0 Å². The van der Waals surface area contributed by atoms with Crippen molar-refractivity contribution in [3.63, 3.8) is 0 Å². The molecule has 0 unspecified atom stereocenters. The van der Waals surface area contributed by atoms with Gasteiger partial charge in [-0.1, -0.05) is 28.8 Å². The van der Waals surface area contributed by atoms with Crippen LogP contribution in [-0.2, 0) is 0 Å². The Morgan fingerprint density at radius 1 is 0.889 bits per heavy atom. The third-order valence-corrected chi connectivity index (χ3v) is 5.83. The Hall–Kier alpha value is -3.88. The highest BCUT2D eigenvalue weighted by atomic mass is 35.5. The molecule has 4 aromatic rings. The van der Waals surface area contributed by atoms with Gasteiger partial charge in [-0.25, -0.2) is 0 Å². The molecular weight excluding hydrogens is 498 g/mol. The van der Waals surface area contributed by atoms with Crippen LogP contribution < -0.4 is 24.8 Å². The standard InChI is InChI=1S/C27H24ClN3O4S/c1-15-9-16(2)11-17(10-15)26(32)31-27(36)30-18-5-6-23(20(28)12-18)35-22-7-8-29-21-14-25(34-4)24(33-3)13-19(21)22/h5-14H,1-4H3,(H2,30,31,32,36). The van der Waals surface area contributed by atoms with E-state index in [4.69, 9.17) is 38.0 Å². The smallest absolute Gasteiger partial charge is 0.257 e. The molecule has 0 atom stereocenters. The molecule has 1 aromatic heterocycles. The molecule has 0 aliphatic heterocycles. The maximum Gasteiger partial charge on any atom is 0.257 e. The second kappa shape index (κ2) is 10.8. The number of halogens is 1. The second-order valence-electron chi connectivity index (χ2n) is 8.07. The van der Waals surface area contributed by atoms with E-state index in [0.29, 0.717) is 44.8 Å². The number of nitrogens with one attached hydrogen (secondary N) is 2. The number of methoxy groups -OCH3 is 2. The first-order valence-corrected chi connectivity index (χ1v) is 11.7. The van der Waals surface area contributed by atoms with Gasteiger partial charge in [-0.3, -0.25) is 15.1 Å². The van der Waals surface area contributed by atoms with Gasteiger partial charge < -0.3 is 19.5 Å². The zero-order valence-corrected chi connectivity index (χ0v) is 21.7. The summed E-state index contributed by atoms with van der Waals surface area (Å²) in [5.74, 6) is 1.84. The minimum atomic E-state index is -0.290. The Kier molecular flexibility index (Phi) is 7.57. The number of hydrogen-bond acceptors (Lipinski definition) is 6. The molecular formula is C27H24ClN3O4S. The summed E-state index contributed by atoms with van der Waals surface area (Å²) in [5.41, 5.74) is 3.83. The number of thiocarbonyl (C=S) groups is 1. The van der Waals surface area contributed by atoms with Crippen molar-refractivity contribution >= 4 is 51.4 Å². The summed E-state index contributed by atoms with van der Waals surface area (Å²) in [7, 11) is 3.14. The fourth-order valence-corrected chi connectivity index (χ4v) is 4.19. The average Bonchev–Trinajstić information content (AvgIpc) is 2.84. The molecule has 0 fully saturated rings. The van der Waals surface area contributed by atoms with Crippen molar-refractivity contribution in [3.8, 4) is 23.0 Å². The number of aryl methyl sites for hydroxylation is 2. The second-order valence-corrected chi connectivity index (χ2v) is 8.88. The van der Waals surface area contributed by atoms with Gasteiger partial charge in [-0.15, -0.1) is 0 Å². The summed E-state index contributed by atoms with van der Waals surface area (Å²) in [6, 6.07) is 16.1. The highest BCUT2D eigenvalue weighted by Crippen LogP contribution is 2.38. The average molecular weight is 522 g/mol. The first kappa shape index (κ1) is 25.2. The van der Waals surface area contributed by atoms with Gasteiger partial charge in [0.25, 0.3) is 5.91 Å². The molecule has 0 bridgehead atoms. The molecule has 1 amide bonds. The van der Waals surface area contributed by atoms with Gasteiger partial charge in [0, 0.05) is 28.9 Å². The van der Waals surface area contributed by atoms with E-state index in [1.165, 1.54) is 0 Å². The molecule has 7 nitrogen and oxygen atoms in total. The molecule has 0 radical (unpaired) electrons. The van der Waals surface area contributed by atoms with Gasteiger partial charge in [0.2, 0.25) is 0 Å². The molecule has 3 aromatic carbocycles. The monoisotopic (exact) mass is 521 g/mol. The largest absolute Gasteiger partial charge is 0.493 e. The number of amides is 1. The summed E-state index contributed by atoms with van der Waals surface area (Å²) in [6.45, 7) is 3.88. The van der Waals surface area contributed by atoms with Crippen molar-refractivity contribution in [2.24, 2.45) is 0 Å². The zero-order chi connectivity index (χ0) is 25.8. The Morgan fingerprint density at radius 3 is 2.25 bits per heavy atom. The number of anilines is 1. The molecule has 0 saturated carbocycles. The number of fused-ring (bicyclic) bond motifs is 1. The molecule has 0 aliphatic carbocycles. The SMILES string of the molecule is COc1cc2nccc(Oc3ccc(NC(=S)NC(=O)c4cc(C)cc(C)c4)cc3Cl)c2cc1OC. The number of benzene rings is 3. The number of pyridine rings is 1. The van der Waals surface area contributed by atoms with Crippen molar-refractivity contribution in [1.82, 2.24) is 10.3 Å². The Bertz CT molecular complexity index is 1460. The maximum atomic E-state index is 12.6. The van der Waals surface area contributed by atoms with Crippen molar-refractivity contribution < 1.29 is 19.0 Å². The lowest BCUT2D eigenvalue weighted by atomic mass is 10.1. The van der Waals surface area contributed by atoms with E-state index in [0.717, 1.165) is 16.5 Å². The lowest BCUT2D eigenvalue weighted by Gasteiger charge is -2.14. The lowest BCUT2D eigenvalue weighted by Crippen LogP contribution is -2.34. The maximum absolute atomic E-state index is 12.6. The van der Waals surface area contributed by atoms with Crippen LogP contribution in [0.4, 0.5) is 5.69 Å². The Labute approximate surface area is 219 Å². The van der Waals surface area contributed by atoms with Crippen LogP contribution >= 0.6 is 23.8 Å². The number of nitrogens with zero attached hydrogens (tertiary/aromatic N) is 1. The molecule has 184 valence electrons. The third-order valence-electron chi connectivity index (χ3n) is 5.33. The summed E-state index contributed by atoms with van der Waals surface area (Å²) >= 11 is 11.8. The van der Waals surface area contributed by atoms with E-state index < -0.39 is 0 Å². The van der Waals surface area contributed by atoms with E-state index in [2.05, 4.69) is 15.6 Å². The number of carbonyl (C=O) groups excluding carboxylic acids is 1. The van der Waals surface area contributed by atoms with Crippen LogP contribution in [0.15, 0.2) is 60.8 Å². The molecule has 1 heterocycles. The van der Waals surface area contributed by atoms with Gasteiger partial charge in [0.1, 0.15) is 11.5 Å². The third kappa shape index (κ3) is 5.67. The quantitative estimate of drug-likeness (QED) is 0.282. The molecule has 9 heteroatoms. The number of hydrogen-bond donors (Lipinski definition) is 2. The lowest BCUT2D eigenvalue weighted by molar-refractivity contribution is 0.0977. The zero-order valence-electron chi connectivity index (χ0n) is 20.1. The highest BCUT2D eigenvalue weighted by molar-refractivity contribution is 7.80. The topological polar surface area (TPSA) is 81.7 Å². The highest BCUT2D eigenvalue weighted by Gasteiger charge is 2.14. The van der Waals surface area contributed by atoms with Gasteiger partial charge in [-0.05, 0) is 68.5 Å². The number of ether oxygens (including phenoxy) is 3. The van der Waals surface area contributed by atoms with Gasteiger partial charge >= 0.3 is 0 Å². The fourth-order valence-electron chi connectivity index (χ4n) is 3.76. The van der Waals surface area contributed by atoms with Crippen LogP contribution in [-0.4, -0.2) is 30.2 Å². The van der Waals surface area contributed by atoms with E-state index in [1.807, 2.05) is 32.0 Å². The van der Waals surface area contributed by atoms with Crippen LogP contribution in [0, 0.1) is 13.8 Å². The number of carbonyl (C=O) groups is 1. The van der Waals surface area contributed by atoms with Crippen molar-refractivity contribution in [2.75, 3.05) is 19.5 Å². The van der Waals surface area contributed by atoms with Crippen LogP contribution in [0.1, 0.15) is 21.5 Å². The summed E-state index contributed by atoms with van der Waals surface area (Å²) in [6.07, 6.45) is 1.64. The summed E-state index contributed by atoms with van der Waals surface area (Å²) < 4.78 is 16.9. The minimum absolute atomic E-state index is 0.157. The van der Waals surface area contributed by atoms with E-state index in [1.54, 1.807) is 56.8 Å². The van der Waals surface area contributed by atoms with Crippen molar-refractivity contribution in [3.05, 3.63) is 82.5 Å². The first-order valence-electron chi connectivity index (χ1n) is 11.0. The molecule has 2 N–H and O–H groups in total. The molecule has 0 aliphatic rings. The summed E-state index contributed by atoms with van der Waals surface area (Å²) in [4.78, 5) is 16.9. The van der Waals surface area contributed by atoms with Crippen LogP contribution in [0.3, 0.4) is 0 Å². The number of rotatable bonds is 6.